The van der Waals surface area contributed by atoms with E-state index >= 15 is 0 Å². The number of nitrogens with two attached hydrogens (primary N) is 1. The first-order valence-corrected chi connectivity index (χ1v) is 9.20. The number of thioether (sulfide) groups is 1. The Morgan fingerprint density at radius 3 is 2.14 bits per heavy atom. The Morgan fingerprint density at radius 1 is 1.10 bits per heavy atom. The minimum absolute atomic E-state index is 0.140. The third-order valence-corrected chi connectivity index (χ3v) is 5.01. The number of benzene rings is 1. The summed E-state index contributed by atoms with van der Waals surface area (Å²) in [5.74, 6) is 2.16. The van der Waals surface area contributed by atoms with Crippen molar-refractivity contribution in [1.82, 2.24) is 4.90 Å². The van der Waals surface area contributed by atoms with Gasteiger partial charge in [-0.2, -0.15) is 11.8 Å². The van der Waals surface area contributed by atoms with Gasteiger partial charge in [0.25, 0.3) is 0 Å². The minimum Gasteiger partial charge on any atom is -0.323 e. The van der Waals surface area contributed by atoms with Crippen LogP contribution >= 0.6 is 11.8 Å². The topological polar surface area (TPSA) is 29.3 Å². The summed E-state index contributed by atoms with van der Waals surface area (Å²) >= 11 is 1.96. The molecule has 0 aliphatic rings. The summed E-state index contributed by atoms with van der Waals surface area (Å²) in [5, 5.41) is 0. The van der Waals surface area contributed by atoms with Gasteiger partial charge in [-0.15, -0.1) is 0 Å². The van der Waals surface area contributed by atoms with Gasteiger partial charge in [-0.1, -0.05) is 58.9 Å². The largest absolute Gasteiger partial charge is 0.323 e. The zero-order chi connectivity index (χ0) is 15.9. The average molecular weight is 309 g/mol. The van der Waals surface area contributed by atoms with Crippen LogP contribution in [0.4, 0.5) is 0 Å². The molecule has 0 aliphatic heterocycles. The van der Waals surface area contributed by atoms with E-state index in [1.54, 1.807) is 0 Å². The van der Waals surface area contributed by atoms with Crippen molar-refractivity contribution in [3.63, 3.8) is 0 Å². The Kier molecular flexibility index (Phi) is 7.78. The molecular formula is C18H32N2S. The van der Waals surface area contributed by atoms with Crippen molar-refractivity contribution in [1.29, 1.82) is 0 Å². The molecule has 0 saturated heterocycles. The van der Waals surface area contributed by atoms with E-state index in [4.69, 9.17) is 5.73 Å². The van der Waals surface area contributed by atoms with Crippen molar-refractivity contribution in [2.24, 2.45) is 5.73 Å². The van der Waals surface area contributed by atoms with Crippen LogP contribution < -0.4 is 5.73 Å². The molecule has 21 heavy (non-hydrogen) atoms. The summed E-state index contributed by atoms with van der Waals surface area (Å²) in [7, 11) is 0. The van der Waals surface area contributed by atoms with Crippen molar-refractivity contribution in [2.45, 2.75) is 46.1 Å². The second kappa shape index (κ2) is 8.82. The van der Waals surface area contributed by atoms with E-state index in [0.717, 1.165) is 31.1 Å². The predicted octanol–water partition coefficient (Wildman–Crippen LogP) is 4.06. The molecule has 0 bridgehead atoms. The molecule has 0 saturated carbocycles. The van der Waals surface area contributed by atoms with Crippen LogP contribution in [0.1, 0.15) is 51.8 Å². The fourth-order valence-corrected chi connectivity index (χ4v) is 3.27. The van der Waals surface area contributed by atoms with Crippen molar-refractivity contribution < 1.29 is 0 Å². The fraction of sp³-hybridized carbons (Fsp3) is 0.667. The third kappa shape index (κ3) is 6.41. The smallest absolute Gasteiger partial charge is 0.0386 e. The van der Waals surface area contributed by atoms with Crippen molar-refractivity contribution >= 4 is 11.8 Å². The van der Waals surface area contributed by atoms with E-state index in [1.807, 2.05) is 11.8 Å². The number of rotatable bonds is 8. The van der Waals surface area contributed by atoms with E-state index < -0.39 is 0 Å². The summed E-state index contributed by atoms with van der Waals surface area (Å²) in [4.78, 5) is 2.46. The SMILES string of the molecule is CCN(CC)CCSCC(N)c1ccc(C(C)(C)C)cc1. The van der Waals surface area contributed by atoms with Crippen LogP contribution in [0.15, 0.2) is 24.3 Å². The van der Waals surface area contributed by atoms with Gasteiger partial charge in [0.15, 0.2) is 0 Å². The van der Waals surface area contributed by atoms with Gasteiger partial charge in [0.2, 0.25) is 0 Å². The Bertz CT molecular complexity index is 391. The van der Waals surface area contributed by atoms with E-state index in [-0.39, 0.29) is 11.5 Å². The first-order valence-electron chi connectivity index (χ1n) is 8.04. The Labute approximate surface area is 135 Å². The summed E-state index contributed by atoms with van der Waals surface area (Å²) < 4.78 is 0. The Hall–Kier alpha value is -0.510. The highest BCUT2D eigenvalue weighted by Gasteiger charge is 2.14. The number of hydrogen-bond acceptors (Lipinski definition) is 3. The maximum Gasteiger partial charge on any atom is 0.0386 e. The van der Waals surface area contributed by atoms with Crippen LogP contribution in [0.5, 0.6) is 0 Å². The summed E-state index contributed by atoms with van der Waals surface area (Å²) in [6.07, 6.45) is 0. The monoisotopic (exact) mass is 308 g/mol. The van der Waals surface area contributed by atoms with Gasteiger partial charge in [-0.25, -0.2) is 0 Å². The van der Waals surface area contributed by atoms with E-state index in [1.165, 1.54) is 11.1 Å². The highest BCUT2D eigenvalue weighted by atomic mass is 32.2. The Morgan fingerprint density at radius 2 is 1.67 bits per heavy atom. The summed E-state index contributed by atoms with van der Waals surface area (Å²) in [6.45, 7) is 14.6. The molecule has 1 aromatic carbocycles. The van der Waals surface area contributed by atoms with Crippen LogP contribution in [0, 0.1) is 0 Å². The first kappa shape index (κ1) is 18.5. The highest BCUT2D eigenvalue weighted by molar-refractivity contribution is 7.99. The zero-order valence-electron chi connectivity index (χ0n) is 14.4. The molecule has 1 atom stereocenters. The van der Waals surface area contributed by atoms with E-state index in [0.29, 0.717) is 0 Å². The molecule has 1 aromatic rings. The lowest BCUT2D eigenvalue weighted by Gasteiger charge is -2.20. The lowest BCUT2D eigenvalue weighted by atomic mass is 9.86. The molecule has 0 heterocycles. The molecule has 1 rings (SSSR count). The molecule has 0 radical (unpaired) electrons. The van der Waals surface area contributed by atoms with Crippen molar-refractivity contribution in [3.05, 3.63) is 35.4 Å². The van der Waals surface area contributed by atoms with E-state index in [9.17, 15) is 0 Å². The molecule has 0 aliphatic carbocycles. The first-order chi connectivity index (χ1) is 9.88. The molecule has 1 unspecified atom stereocenters. The van der Waals surface area contributed by atoms with Crippen LogP contribution in [0.25, 0.3) is 0 Å². The molecule has 0 amide bonds. The summed E-state index contributed by atoms with van der Waals surface area (Å²) in [5.41, 5.74) is 9.13. The zero-order valence-corrected chi connectivity index (χ0v) is 15.2. The third-order valence-electron chi connectivity index (χ3n) is 3.95. The highest BCUT2D eigenvalue weighted by Crippen LogP contribution is 2.24. The fourth-order valence-electron chi connectivity index (χ4n) is 2.27. The molecule has 2 N–H and O–H groups in total. The lowest BCUT2D eigenvalue weighted by Crippen LogP contribution is -2.25. The van der Waals surface area contributed by atoms with Crippen LogP contribution in [0.3, 0.4) is 0 Å². The average Bonchev–Trinajstić information content (AvgIpc) is 2.46. The van der Waals surface area contributed by atoms with E-state index in [2.05, 4.69) is 63.8 Å². The second-order valence-electron chi connectivity index (χ2n) is 6.58. The molecule has 0 aromatic heterocycles. The van der Waals surface area contributed by atoms with Crippen molar-refractivity contribution in [3.8, 4) is 0 Å². The van der Waals surface area contributed by atoms with Gasteiger partial charge in [-0.05, 0) is 29.6 Å². The van der Waals surface area contributed by atoms with Crippen LogP contribution in [-0.4, -0.2) is 36.0 Å². The van der Waals surface area contributed by atoms with Crippen LogP contribution in [-0.2, 0) is 5.41 Å². The molecule has 2 nitrogen and oxygen atoms in total. The molecule has 0 fully saturated rings. The van der Waals surface area contributed by atoms with Gasteiger partial charge in [0.1, 0.15) is 0 Å². The Balaban J connectivity index is 2.40. The van der Waals surface area contributed by atoms with Gasteiger partial charge in [0, 0.05) is 24.1 Å². The van der Waals surface area contributed by atoms with Gasteiger partial charge < -0.3 is 10.6 Å². The van der Waals surface area contributed by atoms with Crippen molar-refractivity contribution in [2.75, 3.05) is 31.1 Å². The normalized spacial score (nSPS) is 13.7. The van der Waals surface area contributed by atoms with Gasteiger partial charge >= 0.3 is 0 Å². The maximum absolute atomic E-state index is 6.30. The number of nitrogens with zero attached hydrogens (tertiary/aromatic N) is 1. The molecule has 0 spiro atoms. The minimum atomic E-state index is 0.140. The lowest BCUT2D eigenvalue weighted by molar-refractivity contribution is 0.324. The van der Waals surface area contributed by atoms with Gasteiger partial charge in [-0.3, -0.25) is 0 Å². The van der Waals surface area contributed by atoms with Gasteiger partial charge in [0.05, 0.1) is 0 Å². The summed E-state index contributed by atoms with van der Waals surface area (Å²) in [6, 6.07) is 8.96. The molecular weight excluding hydrogens is 276 g/mol. The standard InChI is InChI=1S/C18H32N2S/c1-6-20(7-2)12-13-21-14-17(19)15-8-10-16(11-9-15)18(3,4)5/h8-11,17H,6-7,12-14,19H2,1-5H3. The van der Waals surface area contributed by atoms with Crippen LogP contribution in [0.2, 0.25) is 0 Å². The molecule has 120 valence electrons. The quantitative estimate of drug-likeness (QED) is 0.734. The maximum atomic E-state index is 6.30. The predicted molar refractivity (Wildman–Crippen MR) is 97.2 cm³/mol. The second-order valence-corrected chi connectivity index (χ2v) is 7.73. The molecule has 3 heteroatoms. The number of hydrogen-bond donors (Lipinski definition) is 1.